The van der Waals surface area contributed by atoms with Crippen molar-refractivity contribution >= 4 is 11.7 Å². The summed E-state index contributed by atoms with van der Waals surface area (Å²) >= 11 is 0. The van der Waals surface area contributed by atoms with Crippen molar-refractivity contribution in [2.75, 3.05) is 18.7 Å². The summed E-state index contributed by atoms with van der Waals surface area (Å²) in [4.78, 5) is 40.7. The van der Waals surface area contributed by atoms with Crippen LogP contribution in [0.1, 0.15) is 59.5 Å². The maximum atomic E-state index is 14.0. The molecule has 2 aliphatic heterocycles. The lowest BCUT2D eigenvalue weighted by molar-refractivity contribution is 0.0491. The molecule has 1 N–H and O–H groups in total. The van der Waals surface area contributed by atoms with Gasteiger partial charge in [-0.2, -0.15) is 0 Å². The zero-order valence-electron chi connectivity index (χ0n) is 19.6. The topological polar surface area (TPSA) is 92.1 Å². The lowest BCUT2D eigenvalue weighted by atomic mass is 10.0. The highest BCUT2D eigenvalue weighted by atomic mass is 19.1. The van der Waals surface area contributed by atoms with Crippen LogP contribution in [0.5, 0.6) is 5.75 Å². The quantitative estimate of drug-likeness (QED) is 0.597. The Morgan fingerprint density at radius 1 is 1.17 bits per heavy atom. The number of hydrogen-bond acceptors (Lipinski definition) is 6. The van der Waals surface area contributed by atoms with Gasteiger partial charge in [-0.05, 0) is 33.1 Å². The summed E-state index contributed by atoms with van der Waals surface area (Å²) in [5, 5.41) is 12.5. The maximum Gasteiger partial charge on any atom is 0.278 e. The van der Waals surface area contributed by atoms with E-state index in [1.165, 1.54) is 18.0 Å². The van der Waals surface area contributed by atoms with Crippen molar-refractivity contribution < 1.29 is 32.6 Å². The van der Waals surface area contributed by atoms with E-state index in [9.17, 15) is 32.7 Å². The first-order valence-electron chi connectivity index (χ1n) is 11.3. The summed E-state index contributed by atoms with van der Waals surface area (Å²) < 4.78 is 47.8. The zero-order valence-corrected chi connectivity index (χ0v) is 19.6. The number of ketones is 1. The molecule has 1 aromatic heterocycles. The minimum atomic E-state index is -1.14. The molecule has 0 saturated carbocycles. The van der Waals surface area contributed by atoms with Crippen LogP contribution in [0, 0.1) is 17.5 Å². The summed E-state index contributed by atoms with van der Waals surface area (Å²) in [5.41, 5.74) is -2.19. The number of nitrogens with zero attached hydrogens (tertiary/aromatic N) is 3. The second-order valence-electron chi connectivity index (χ2n) is 9.04. The molecule has 1 saturated heterocycles. The predicted molar refractivity (Wildman–Crippen MR) is 120 cm³/mol. The number of methoxy groups -OCH3 is 1. The molecular formula is C24H26F3N3O5. The lowest BCUT2D eigenvalue weighted by Gasteiger charge is -2.46. The summed E-state index contributed by atoms with van der Waals surface area (Å²) in [6.45, 7) is 3.97. The normalized spacial score (nSPS) is 19.3. The minimum Gasteiger partial charge on any atom is -0.502 e. The maximum absolute atomic E-state index is 14.0. The number of benzene rings is 1. The van der Waals surface area contributed by atoms with Gasteiger partial charge in [0.15, 0.2) is 17.2 Å². The van der Waals surface area contributed by atoms with Gasteiger partial charge < -0.3 is 14.7 Å². The Labute approximate surface area is 199 Å². The fourth-order valence-corrected chi connectivity index (χ4v) is 4.98. The van der Waals surface area contributed by atoms with Crippen molar-refractivity contribution in [3.63, 3.8) is 0 Å². The van der Waals surface area contributed by atoms with E-state index >= 15 is 0 Å². The molecule has 1 aromatic carbocycles. The number of fused-ring (bicyclic) bond motifs is 3. The number of carbonyl (C=O) groups excluding carboxylic acids is 2. The summed E-state index contributed by atoms with van der Waals surface area (Å²) in [5.74, 6) is -5.54. The predicted octanol–water partition coefficient (Wildman–Crippen LogP) is 2.72. The van der Waals surface area contributed by atoms with Crippen LogP contribution in [0.25, 0.3) is 0 Å². The molecule has 8 nitrogen and oxygen atoms in total. The second-order valence-corrected chi connectivity index (χ2v) is 9.04. The van der Waals surface area contributed by atoms with Gasteiger partial charge in [0.25, 0.3) is 5.91 Å². The lowest BCUT2D eigenvalue weighted by Crippen LogP contribution is -2.63. The highest BCUT2D eigenvalue weighted by Gasteiger charge is 2.47. The number of Topliss-reactive ketones (excluding diaryl/α,β-unsaturated/α-hetero) is 1. The summed E-state index contributed by atoms with van der Waals surface area (Å²) in [7, 11) is 1.54. The van der Waals surface area contributed by atoms with Gasteiger partial charge >= 0.3 is 0 Å². The molecule has 1 fully saturated rings. The Morgan fingerprint density at radius 2 is 1.83 bits per heavy atom. The smallest absolute Gasteiger partial charge is 0.278 e. The highest BCUT2D eigenvalue weighted by molar-refractivity contribution is 6.00. The minimum absolute atomic E-state index is 0.189. The molecule has 2 atom stereocenters. The molecule has 0 radical (unpaired) electrons. The van der Waals surface area contributed by atoms with E-state index in [1.807, 2.05) is 18.9 Å². The molecule has 1 amide bonds. The average molecular weight is 493 g/mol. The van der Waals surface area contributed by atoms with Gasteiger partial charge in [-0.3, -0.25) is 24.1 Å². The van der Waals surface area contributed by atoms with Crippen LogP contribution in [0.2, 0.25) is 0 Å². The molecule has 11 heteroatoms. The average Bonchev–Trinajstić information content (AvgIpc) is 3.18. The van der Waals surface area contributed by atoms with Gasteiger partial charge in [0.05, 0.1) is 18.2 Å². The monoisotopic (exact) mass is 493 g/mol. The first-order valence-corrected chi connectivity index (χ1v) is 11.3. The Morgan fingerprint density at radius 3 is 2.43 bits per heavy atom. The van der Waals surface area contributed by atoms with E-state index in [1.54, 1.807) is 4.90 Å². The largest absolute Gasteiger partial charge is 0.502 e. The van der Waals surface area contributed by atoms with Gasteiger partial charge in [-0.25, -0.2) is 13.2 Å². The number of halogens is 3. The standard InChI is InChI=1S/C24H26F3N3O5/c1-12(2)29-20-7-4-14(11-35-3)30(20)28-10-16(22(32)23(33)21(28)24(29)34)19(31)6-5-15-17(26)8-13(25)9-18(15)27/h8-10,12,14,20,33H,4-7,11H2,1-3H3/t14-,20-/m0/s1. The fourth-order valence-electron chi connectivity index (χ4n) is 4.98. The zero-order chi connectivity index (χ0) is 25.6. The van der Waals surface area contributed by atoms with Crippen molar-refractivity contribution in [1.29, 1.82) is 0 Å². The van der Waals surface area contributed by atoms with E-state index in [0.29, 0.717) is 31.6 Å². The van der Waals surface area contributed by atoms with Crippen LogP contribution in [0.3, 0.4) is 0 Å². The number of hydrogen-bond donors (Lipinski definition) is 1. The fraction of sp³-hybridized carbons (Fsp3) is 0.458. The van der Waals surface area contributed by atoms with E-state index in [0.717, 1.165) is 0 Å². The van der Waals surface area contributed by atoms with Gasteiger partial charge in [0.1, 0.15) is 23.6 Å². The molecule has 35 heavy (non-hydrogen) atoms. The summed E-state index contributed by atoms with van der Waals surface area (Å²) in [6.07, 6.45) is 1.24. The number of aromatic nitrogens is 1. The number of pyridine rings is 1. The molecule has 3 heterocycles. The number of rotatable bonds is 7. The van der Waals surface area contributed by atoms with Gasteiger partial charge in [-0.15, -0.1) is 0 Å². The van der Waals surface area contributed by atoms with Gasteiger partial charge in [0, 0.05) is 43.5 Å². The SMILES string of the molecule is COC[C@@H]1CC[C@H]2N(C(C)C)C(=O)c3c(O)c(=O)c(C(=O)CCc4c(F)cc(F)cc4F)cn3N12. The summed E-state index contributed by atoms with van der Waals surface area (Å²) in [6, 6.07) is 0.613. The van der Waals surface area contributed by atoms with E-state index in [2.05, 4.69) is 0 Å². The Balaban J connectivity index is 1.74. The molecule has 2 aliphatic rings. The van der Waals surface area contributed by atoms with Crippen LogP contribution in [0.15, 0.2) is 23.1 Å². The van der Waals surface area contributed by atoms with Crippen molar-refractivity contribution in [3.8, 4) is 5.75 Å². The third-order valence-electron chi connectivity index (χ3n) is 6.53. The number of amides is 1. The van der Waals surface area contributed by atoms with E-state index in [4.69, 9.17) is 4.74 Å². The highest BCUT2D eigenvalue weighted by Crippen LogP contribution is 2.35. The first-order chi connectivity index (χ1) is 16.6. The Bertz CT molecular complexity index is 1220. The van der Waals surface area contributed by atoms with Gasteiger partial charge in [-0.1, -0.05) is 0 Å². The van der Waals surface area contributed by atoms with Crippen LogP contribution >= 0.6 is 0 Å². The molecule has 0 bridgehead atoms. The van der Waals surface area contributed by atoms with Crippen LogP contribution in [-0.4, -0.2) is 58.3 Å². The van der Waals surface area contributed by atoms with Crippen molar-refractivity contribution in [2.24, 2.45) is 0 Å². The number of ether oxygens (including phenoxy) is 1. The molecule has 0 spiro atoms. The molecule has 188 valence electrons. The third kappa shape index (κ3) is 4.18. The van der Waals surface area contributed by atoms with Crippen molar-refractivity contribution in [1.82, 2.24) is 9.58 Å². The Kier molecular flexibility index (Phi) is 6.63. The molecular weight excluding hydrogens is 467 g/mol. The van der Waals surface area contributed by atoms with Crippen molar-refractivity contribution in [2.45, 2.75) is 57.8 Å². The number of carbonyl (C=O) groups is 2. The van der Waals surface area contributed by atoms with E-state index < -0.39 is 64.3 Å². The third-order valence-corrected chi connectivity index (χ3v) is 6.53. The van der Waals surface area contributed by atoms with Crippen molar-refractivity contribution in [3.05, 3.63) is 62.8 Å². The Hall–Kier alpha value is -3.34. The van der Waals surface area contributed by atoms with E-state index in [-0.39, 0.29) is 23.9 Å². The molecule has 0 unspecified atom stereocenters. The molecule has 2 aromatic rings. The van der Waals surface area contributed by atoms with Gasteiger partial charge in [0.2, 0.25) is 5.43 Å². The first kappa shape index (κ1) is 24.8. The number of aromatic hydroxyl groups is 1. The molecule has 0 aliphatic carbocycles. The molecule has 4 rings (SSSR count). The second kappa shape index (κ2) is 9.37. The van der Waals surface area contributed by atoms with Crippen LogP contribution in [-0.2, 0) is 11.2 Å². The van der Waals surface area contributed by atoms with Crippen LogP contribution < -0.4 is 10.4 Å². The van der Waals surface area contributed by atoms with Crippen LogP contribution in [0.4, 0.5) is 13.2 Å².